The molecule has 2 aromatic rings. The van der Waals surface area contributed by atoms with E-state index in [2.05, 4.69) is 0 Å². The van der Waals surface area contributed by atoms with Gasteiger partial charge in [0.2, 0.25) is 0 Å². The van der Waals surface area contributed by atoms with Crippen LogP contribution in [0.1, 0.15) is 5.56 Å². The molecule has 0 saturated carbocycles. The first-order valence-corrected chi connectivity index (χ1v) is 8.25. The molecule has 1 aromatic carbocycles. The van der Waals surface area contributed by atoms with E-state index in [0.717, 1.165) is 5.56 Å². The van der Waals surface area contributed by atoms with E-state index in [9.17, 15) is 8.42 Å². The molecule has 18 heavy (non-hydrogen) atoms. The Balaban J connectivity index is 2.22. The fraction of sp³-hybridized carbons (Fsp3) is 0.167. The number of benzene rings is 1. The van der Waals surface area contributed by atoms with E-state index in [-0.39, 0.29) is 16.3 Å². The molecule has 1 aromatic heterocycles. The molecule has 6 heteroatoms. The average Bonchev–Trinajstić information content (AvgIpc) is 2.83. The number of halogens is 1. The summed E-state index contributed by atoms with van der Waals surface area (Å²) in [4.78, 5) is 0.116. The molecule has 1 heterocycles. The first kappa shape index (κ1) is 13.4. The average molecular weight is 302 g/mol. The van der Waals surface area contributed by atoms with Crippen molar-refractivity contribution in [3.05, 3.63) is 45.6 Å². The maximum absolute atomic E-state index is 12.2. The normalized spacial score (nSPS) is 11.6. The van der Waals surface area contributed by atoms with Gasteiger partial charge in [0.25, 0.3) is 0 Å². The minimum Gasteiger partial charge on any atom is -0.398 e. The van der Waals surface area contributed by atoms with Gasteiger partial charge in [-0.25, -0.2) is 8.42 Å². The van der Waals surface area contributed by atoms with Gasteiger partial charge in [0, 0.05) is 5.02 Å². The maximum Gasteiger partial charge on any atom is 0.180 e. The van der Waals surface area contributed by atoms with Crippen molar-refractivity contribution in [1.82, 2.24) is 0 Å². The van der Waals surface area contributed by atoms with Crippen molar-refractivity contribution in [3.63, 3.8) is 0 Å². The van der Waals surface area contributed by atoms with Gasteiger partial charge in [0.15, 0.2) is 9.84 Å². The molecule has 0 unspecified atom stereocenters. The van der Waals surface area contributed by atoms with Crippen LogP contribution in [0.4, 0.5) is 5.69 Å². The van der Waals surface area contributed by atoms with Gasteiger partial charge in [-0.1, -0.05) is 11.6 Å². The van der Waals surface area contributed by atoms with Crippen molar-refractivity contribution in [3.8, 4) is 0 Å². The predicted octanol–water partition coefficient (Wildman–Crippen LogP) is 3.00. The zero-order chi connectivity index (χ0) is 13.2. The Morgan fingerprint density at radius 3 is 2.72 bits per heavy atom. The molecule has 0 spiro atoms. The fourth-order valence-electron chi connectivity index (χ4n) is 1.57. The van der Waals surface area contributed by atoms with E-state index in [1.54, 1.807) is 17.4 Å². The van der Waals surface area contributed by atoms with E-state index < -0.39 is 9.84 Å². The molecule has 2 rings (SSSR count). The van der Waals surface area contributed by atoms with Crippen molar-refractivity contribution in [2.45, 2.75) is 11.3 Å². The third kappa shape index (κ3) is 3.04. The molecule has 96 valence electrons. The number of hydrogen-bond acceptors (Lipinski definition) is 4. The molecule has 0 aliphatic rings. The van der Waals surface area contributed by atoms with Gasteiger partial charge in [0.05, 0.1) is 16.3 Å². The van der Waals surface area contributed by atoms with Crippen molar-refractivity contribution in [2.75, 3.05) is 11.5 Å². The van der Waals surface area contributed by atoms with E-state index in [1.807, 2.05) is 16.8 Å². The second-order valence-electron chi connectivity index (χ2n) is 3.88. The summed E-state index contributed by atoms with van der Waals surface area (Å²) in [7, 11) is -3.39. The van der Waals surface area contributed by atoms with Crippen molar-refractivity contribution in [1.29, 1.82) is 0 Å². The Labute approximate surface area is 115 Å². The Morgan fingerprint density at radius 1 is 1.28 bits per heavy atom. The van der Waals surface area contributed by atoms with Gasteiger partial charge < -0.3 is 5.73 Å². The number of aryl methyl sites for hydroxylation is 1. The molecular weight excluding hydrogens is 290 g/mol. The zero-order valence-electron chi connectivity index (χ0n) is 9.47. The van der Waals surface area contributed by atoms with Crippen molar-refractivity contribution >= 4 is 38.5 Å². The van der Waals surface area contributed by atoms with Gasteiger partial charge in [-0.05, 0) is 47.0 Å². The largest absolute Gasteiger partial charge is 0.398 e. The lowest BCUT2D eigenvalue weighted by Gasteiger charge is -2.07. The number of nitrogens with two attached hydrogens (primary N) is 1. The van der Waals surface area contributed by atoms with Crippen LogP contribution in [0.5, 0.6) is 0 Å². The van der Waals surface area contributed by atoms with E-state index in [0.29, 0.717) is 11.4 Å². The summed E-state index contributed by atoms with van der Waals surface area (Å²) >= 11 is 7.36. The van der Waals surface area contributed by atoms with Gasteiger partial charge >= 0.3 is 0 Å². The quantitative estimate of drug-likeness (QED) is 0.883. The minimum absolute atomic E-state index is 0.0360. The molecular formula is C12H12ClNO2S2. The van der Waals surface area contributed by atoms with E-state index in [4.69, 9.17) is 17.3 Å². The predicted molar refractivity (Wildman–Crippen MR) is 75.9 cm³/mol. The summed E-state index contributed by atoms with van der Waals surface area (Å²) < 4.78 is 24.3. The summed E-state index contributed by atoms with van der Waals surface area (Å²) in [5.41, 5.74) is 6.95. The summed E-state index contributed by atoms with van der Waals surface area (Å²) in [6.07, 6.45) is 0.484. The summed E-state index contributed by atoms with van der Waals surface area (Å²) in [6.45, 7) is 0. The lowest BCUT2D eigenvalue weighted by molar-refractivity contribution is 0.595. The Kier molecular flexibility index (Phi) is 3.94. The second kappa shape index (κ2) is 5.30. The Hall–Kier alpha value is -1.04. The number of rotatable bonds is 4. The highest BCUT2D eigenvalue weighted by Crippen LogP contribution is 2.24. The SMILES string of the molecule is Nc1ccc(Cl)cc1S(=O)(=O)CCc1ccsc1. The van der Waals surface area contributed by atoms with Gasteiger partial charge in [-0.3, -0.25) is 0 Å². The lowest BCUT2D eigenvalue weighted by Crippen LogP contribution is -2.11. The summed E-state index contributed by atoms with van der Waals surface area (Å²) in [6, 6.07) is 6.41. The summed E-state index contributed by atoms with van der Waals surface area (Å²) in [5, 5.41) is 4.24. The Bertz CT molecular complexity index is 636. The standard InChI is InChI=1S/C12H12ClNO2S2/c13-10-1-2-11(14)12(7-10)18(15,16)6-4-9-3-5-17-8-9/h1-3,5,7-8H,4,6,14H2. The van der Waals surface area contributed by atoms with E-state index >= 15 is 0 Å². The van der Waals surface area contributed by atoms with Crippen LogP contribution in [-0.4, -0.2) is 14.2 Å². The van der Waals surface area contributed by atoms with Crippen LogP contribution in [0, 0.1) is 0 Å². The second-order valence-corrected chi connectivity index (χ2v) is 7.18. The van der Waals surface area contributed by atoms with Gasteiger partial charge in [-0.2, -0.15) is 11.3 Å². The molecule has 3 nitrogen and oxygen atoms in total. The fourth-order valence-corrected chi connectivity index (χ4v) is 3.97. The first-order valence-electron chi connectivity index (χ1n) is 5.28. The van der Waals surface area contributed by atoms with Crippen molar-refractivity contribution in [2.24, 2.45) is 0 Å². The molecule has 0 amide bonds. The van der Waals surface area contributed by atoms with Crippen LogP contribution in [0.2, 0.25) is 5.02 Å². The molecule has 0 bridgehead atoms. The third-order valence-electron chi connectivity index (χ3n) is 2.55. The van der Waals surface area contributed by atoms with Crippen LogP contribution in [0.25, 0.3) is 0 Å². The van der Waals surface area contributed by atoms with Crippen LogP contribution < -0.4 is 5.73 Å². The minimum atomic E-state index is -3.39. The van der Waals surface area contributed by atoms with Crippen LogP contribution in [0.3, 0.4) is 0 Å². The number of hydrogen-bond donors (Lipinski definition) is 1. The Morgan fingerprint density at radius 2 is 2.06 bits per heavy atom. The summed E-state index contributed by atoms with van der Waals surface area (Å²) in [5.74, 6) is 0.0360. The van der Waals surface area contributed by atoms with Crippen LogP contribution >= 0.6 is 22.9 Å². The number of thiophene rings is 1. The topological polar surface area (TPSA) is 60.2 Å². The molecule has 0 aliphatic heterocycles. The van der Waals surface area contributed by atoms with Gasteiger partial charge in [0.1, 0.15) is 0 Å². The number of sulfone groups is 1. The van der Waals surface area contributed by atoms with Crippen LogP contribution in [-0.2, 0) is 16.3 Å². The molecule has 0 radical (unpaired) electrons. The molecule has 0 atom stereocenters. The number of anilines is 1. The van der Waals surface area contributed by atoms with E-state index in [1.165, 1.54) is 12.1 Å². The highest BCUT2D eigenvalue weighted by molar-refractivity contribution is 7.91. The lowest BCUT2D eigenvalue weighted by atomic mass is 10.3. The smallest absolute Gasteiger partial charge is 0.180 e. The van der Waals surface area contributed by atoms with Crippen LogP contribution in [0.15, 0.2) is 39.9 Å². The highest BCUT2D eigenvalue weighted by atomic mass is 35.5. The molecule has 2 N–H and O–H groups in total. The molecule has 0 saturated heterocycles. The third-order valence-corrected chi connectivity index (χ3v) is 5.28. The first-order chi connectivity index (χ1) is 8.49. The molecule has 0 fully saturated rings. The zero-order valence-corrected chi connectivity index (χ0v) is 11.9. The highest BCUT2D eigenvalue weighted by Gasteiger charge is 2.18. The maximum atomic E-state index is 12.2. The van der Waals surface area contributed by atoms with Gasteiger partial charge in [-0.15, -0.1) is 0 Å². The molecule has 0 aliphatic carbocycles. The number of nitrogen functional groups attached to an aromatic ring is 1. The van der Waals surface area contributed by atoms with Crippen molar-refractivity contribution < 1.29 is 8.42 Å². The monoisotopic (exact) mass is 301 g/mol.